The highest BCUT2D eigenvalue weighted by molar-refractivity contribution is 9.09. The average molecular weight is 297 g/mol. The van der Waals surface area contributed by atoms with Crippen LogP contribution in [0.4, 0.5) is 0 Å². The summed E-state index contributed by atoms with van der Waals surface area (Å²) in [6.07, 6.45) is 5.43. The van der Waals surface area contributed by atoms with E-state index in [4.69, 9.17) is 9.47 Å². The molecular formula is C14H17BrO2. The minimum Gasteiger partial charge on any atom is -0.486 e. The van der Waals surface area contributed by atoms with E-state index >= 15 is 0 Å². The number of hydrogen-bond donors (Lipinski definition) is 0. The second kappa shape index (κ2) is 4.89. The van der Waals surface area contributed by atoms with Crippen LogP contribution in [0, 0.1) is 5.92 Å². The third-order valence-electron chi connectivity index (χ3n) is 3.69. The summed E-state index contributed by atoms with van der Waals surface area (Å²) >= 11 is 3.79. The van der Waals surface area contributed by atoms with Crippen molar-refractivity contribution >= 4 is 15.9 Å². The predicted molar refractivity (Wildman–Crippen MR) is 71.1 cm³/mol. The lowest BCUT2D eigenvalue weighted by Crippen LogP contribution is -2.16. The van der Waals surface area contributed by atoms with E-state index in [0.29, 0.717) is 18.0 Å². The zero-order valence-electron chi connectivity index (χ0n) is 9.82. The maximum Gasteiger partial charge on any atom is 0.161 e. The summed E-state index contributed by atoms with van der Waals surface area (Å²) in [5.74, 6) is 2.68. The molecule has 1 heterocycles. The molecule has 1 fully saturated rings. The van der Waals surface area contributed by atoms with E-state index in [-0.39, 0.29) is 0 Å². The number of alkyl halides is 1. The van der Waals surface area contributed by atoms with Crippen molar-refractivity contribution in [3.05, 3.63) is 23.8 Å². The standard InChI is InChI=1S/C14H17BrO2/c15-12(8-10-2-1-3-10)11-4-5-13-14(9-11)17-7-6-16-13/h4-5,9-10,12H,1-3,6-8H2. The van der Waals surface area contributed by atoms with Gasteiger partial charge in [0.15, 0.2) is 11.5 Å². The number of hydrogen-bond acceptors (Lipinski definition) is 2. The molecule has 0 bridgehead atoms. The zero-order chi connectivity index (χ0) is 11.7. The van der Waals surface area contributed by atoms with Crippen molar-refractivity contribution in [1.29, 1.82) is 0 Å². The third-order valence-corrected chi connectivity index (χ3v) is 4.60. The molecule has 2 aliphatic rings. The minimum atomic E-state index is 0.448. The first-order valence-corrected chi connectivity index (χ1v) is 7.28. The van der Waals surface area contributed by atoms with Crippen LogP contribution >= 0.6 is 15.9 Å². The highest BCUT2D eigenvalue weighted by Crippen LogP contribution is 2.41. The Balaban J connectivity index is 1.73. The lowest BCUT2D eigenvalue weighted by molar-refractivity contribution is 0.171. The maximum absolute atomic E-state index is 5.61. The van der Waals surface area contributed by atoms with E-state index in [1.807, 2.05) is 6.07 Å². The van der Waals surface area contributed by atoms with Gasteiger partial charge in [-0.2, -0.15) is 0 Å². The molecule has 1 aromatic rings. The van der Waals surface area contributed by atoms with Crippen LogP contribution in [0.2, 0.25) is 0 Å². The number of rotatable bonds is 3. The summed E-state index contributed by atoms with van der Waals surface area (Å²) in [7, 11) is 0. The summed E-state index contributed by atoms with van der Waals surface area (Å²) in [5.41, 5.74) is 1.31. The fraction of sp³-hybridized carbons (Fsp3) is 0.571. The molecule has 3 heteroatoms. The van der Waals surface area contributed by atoms with Gasteiger partial charge in [0, 0.05) is 4.83 Å². The van der Waals surface area contributed by atoms with Gasteiger partial charge in [0.25, 0.3) is 0 Å². The molecule has 0 N–H and O–H groups in total. The van der Waals surface area contributed by atoms with Gasteiger partial charge in [0.2, 0.25) is 0 Å². The Labute approximate surface area is 110 Å². The minimum absolute atomic E-state index is 0.448. The van der Waals surface area contributed by atoms with E-state index in [0.717, 1.165) is 17.4 Å². The summed E-state index contributed by atoms with van der Waals surface area (Å²) in [4.78, 5) is 0.448. The maximum atomic E-state index is 5.61. The fourth-order valence-corrected chi connectivity index (χ4v) is 3.23. The summed E-state index contributed by atoms with van der Waals surface area (Å²) in [5, 5.41) is 0. The van der Waals surface area contributed by atoms with Crippen molar-refractivity contribution in [2.45, 2.75) is 30.5 Å². The molecule has 0 saturated heterocycles. The SMILES string of the molecule is BrC(CC1CCC1)c1ccc2c(c1)OCCO2. The Bertz CT molecular complexity index is 401. The Hall–Kier alpha value is -0.700. The molecule has 2 nitrogen and oxygen atoms in total. The summed E-state index contributed by atoms with van der Waals surface area (Å²) in [6, 6.07) is 6.29. The smallest absolute Gasteiger partial charge is 0.161 e. The number of fused-ring (bicyclic) bond motifs is 1. The van der Waals surface area contributed by atoms with Crippen molar-refractivity contribution in [2.24, 2.45) is 5.92 Å². The first-order valence-electron chi connectivity index (χ1n) is 6.36. The number of halogens is 1. The molecule has 1 aliphatic heterocycles. The van der Waals surface area contributed by atoms with Crippen LogP contribution in [-0.2, 0) is 0 Å². The van der Waals surface area contributed by atoms with Crippen LogP contribution in [-0.4, -0.2) is 13.2 Å². The van der Waals surface area contributed by atoms with Crippen LogP contribution in [0.3, 0.4) is 0 Å². The molecule has 0 radical (unpaired) electrons. The largest absolute Gasteiger partial charge is 0.486 e. The van der Waals surface area contributed by atoms with Crippen molar-refractivity contribution in [3.63, 3.8) is 0 Å². The van der Waals surface area contributed by atoms with Crippen molar-refractivity contribution < 1.29 is 9.47 Å². The Morgan fingerprint density at radius 3 is 2.65 bits per heavy atom. The normalized spacial score (nSPS) is 20.8. The van der Waals surface area contributed by atoms with Crippen LogP contribution in [0.15, 0.2) is 18.2 Å². The van der Waals surface area contributed by atoms with Crippen LogP contribution in [0.25, 0.3) is 0 Å². The summed E-state index contributed by atoms with van der Waals surface area (Å²) in [6.45, 7) is 1.32. The van der Waals surface area contributed by atoms with E-state index in [2.05, 4.69) is 28.1 Å². The second-order valence-corrected chi connectivity index (χ2v) is 6.01. The molecular weight excluding hydrogens is 280 g/mol. The quantitative estimate of drug-likeness (QED) is 0.783. The molecule has 0 spiro atoms. The first-order chi connectivity index (χ1) is 8.33. The van der Waals surface area contributed by atoms with Gasteiger partial charge in [-0.25, -0.2) is 0 Å². The molecule has 0 aromatic heterocycles. The average Bonchev–Trinajstić information content (AvgIpc) is 2.33. The molecule has 17 heavy (non-hydrogen) atoms. The van der Waals surface area contributed by atoms with E-state index in [1.165, 1.54) is 31.2 Å². The highest BCUT2D eigenvalue weighted by atomic mass is 79.9. The number of ether oxygens (including phenoxy) is 2. The molecule has 3 rings (SSSR count). The van der Waals surface area contributed by atoms with E-state index in [1.54, 1.807) is 0 Å². The zero-order valence-corrected chi connectivity index (χ0v) is 11.4. The van der Waals surface area contributed by atoms with Gasteiger partial charge in [-0.1, -0.05) is 41.3 Å². The molecule has 92 valence electrons. The topological polar surface area (TPSA) is 18.5 Å². The Morgan fingerprint density at radius 2 is 1.94 bits per heavy atom. The lowest BCUT2D eigenvalue weighted by Gasteiger charge is -2.28. The lowest BCUT2D eigenvalue weighted by atomic mass is 9.81. The van der Waals surface area contributed by atoms with Crippen molar-refractivity contribution in [1.82, 2.24) is 0 Å². The molecule has 1 aliphatic carbocycles. The predicted octanol–water partition coefficient (Wildman–Crippen LogP) is 4.08. The Kier molecular flexibility index (Phi) is 3.28. The van der Waals surface area contributed by atoms with Gasteiger partial charge >= 0.3 is 0 Å². The molecule has 1 saturated carbocycles. The fourth-order valence-electron chi connectivity index (χ4n) is 2.41. The van der Waals surface area contributed by atoms with Gasteiger partial charge in [-0.3, -0.25) is 0 Å². The molecule has 0 amide bonds. The molecule has 1 atom stereocenters. The van der Waals surface area contributed by atoms with Gasteiger partial charge in [-0.15, -0.1) is 0 Å². The first kappa shape index (κ1) is 11.4. The van der Waals surface area contributed by atoms with Gasteiger partial charge in [0.05, 0.1) is 0 Å². The Morgan fingerprint density at radius 1 is 1.18 bits per heavy atom. The van der Waals surface area contributed by atoms with Crippen molar-refractivity contribution in [3.8, 4) is 11.5 Å². The van der Waals surface area contributed by atoms with Gasteiger partial charge in [0.1, 0.15) is 13.2 Å². The number of benzene rings is 1. The summed E-state index contributed by atoms with van der Waals surface area (Å²) < 4.78 is 11.1. The van der Waals surface area contributed by atoms with Gasteiger partial charge < -0.3 is 9.47 Å². The molecule has 1 unspecified atom stereocenters. The van der Waals surface area contributed by atoms with Gasteiger partial charge in [-0.05, 0) is 30.0 Å². The van der Waals surface area contributed by atoms with E-state index < -0.39 is 0 Å². The monoisotopic (exact) mass is 296 g/mol. The third kappa shape index (κ3) is 2.44. The van der Waals surface area contributed by atoms with Crippen molar-refractivity contribution in [2.75, 3.05) is 13.2 Å². The van der Waals surface area contributed by atoms with Crippen LogP contribution in [0.1, 0.15) is 36.1 Å². The highest BCUT2D eigenvalue weighted by Gasteiger charge is 2.22. The van der Waals surface area contributed by atoms with E-state index in [9.17, 15) is 0 Å². The van der Waals surface area contributed by atoms with Crippen LogP contribution < -0.4 is 9.47 Å². The second-order valence-electron chi connectivity index (χ2n) is 4.90. The van der Waals surface area contributed by atoms with Crippen LogP contribution in [0.5, 0.6) is 11.5 Å². The molecule has 1 aromatic carbocycles.